The van der Waals surface area contributed by atoms with Crippen LogP contribution < -0.4 is 26.6 Å². The summed E-state index contributed by atoms with van der Waals surface area (Å²) in [7, 11) is 0. The van der Waals surface area contributed by atoms with E-state index in [9.17, 15) is 187 Å². The molecule has 11 saturated heterocycles. The second kappa shape index (κ2) is 50.6. The summed E-state index contributed by atoms with van der Waals surface area (Å²) in [4.78, 5) is 77.9. The van der Waals surface area contributed by atoms with Gasteiger partial charge in [-0.25, -0.2) is 4.79 Å². The first-order valence-corrected chi connectivity index (χ1v) is 45.1. The van der Waals surface area contributed by atoms with Gasteiger partial charge in [-0.1, -0.05) is 0 Å². The minimum absolute atomic E-state index is 0.857. The molecular formula is C79H131N5O58. The fraction of sp³-hybridized carbons (Fsp3) is 0.924. The van der Waals surface area contributed by atoms with E-state index in [1.54, 1.807) is 0 Å². The van der Waals surface area contributed by atoms with Crippen molar-refractivity contribution in [2.24, 2.45) is 0 Å². The summed E-state index contributed by atoms with van der Waals surface area (Å²) in [5.41, 5.74) is 0. The monoisotopic (exact) mass is 2080 g/mol. The van der Waals surface area contributed by atoms with Crippen LogP contribution in [0.15, 0.2) is 0 Å². The number of aliphatic hydroxyl groups excluding tert-OH is 30. The summed E-state index contributed by atoms with van der Waals surface area (Å²) in [5.74, 6) is -10.4. The van der Waals surface area contributed by atoms with Crippen LogP contribution >= 0.6 is 0 Å². The van der Waals surface area contributed by atoms with Crippen LogP contribution in [0.3, 0.4) is 0 Å². The second-order valence-electron chi connectivity index (χ2n) is 36.0. The first-order valence-electron chi connectivity index (χ1n) is 45.1. The van der Waals surface area contributed by atoms with Crippen LogP contribution in [0.2, 0.25) is 0 Å². The van der Waals surface area contributed by atoms with Crippen molar-refractivity contribution in [3.05, 3.63) is 0 Å². The van der Waals surface area contributed by atoms with Gasteiger partial charge < -0.3 is 284 Å². The highest BCUT2D eigenvalue weighted by atomic mass is 16.8. The smallest absolute Gasteiger partial charge is 0.364 e. The van der Waals surface area contributed by atoms with Gasteiger partial charge in [0.05, 0.1) is 84.3 Å². The quantitative estimate of drug-likeness (QED) is 0.0273. The van der Waals surface area contributed by atoms with E-state index in [4.69, 9.17) is 99.5 Å². The lowest BCUT2D eigenvalue weighted by Crippen LogP contribution is -2.71. The summed E-state index contributed by atoms with van der Waals surface area (Å²) >= 11 is 0. The van der Waals surface area contributed by atoms with Crippen molar-refractivity contribution in [1.82, 2.24) is 26.6 Å². The number of carboxylic acids is 1. The van der Waals surface area contributed by atoms with Crippen LogP contribution in [0.1, 0.15) is 48.0 Å². The van der Waals surface area contributed by atoms with E-state index in [0.29, 0.717) is 0 Å². The molecule has 0 bridgehead atoms. The highest BCUT2D eigenvalue weighted by Gasteiger charge is 2.65. The maximum absolute atomic E-state index is 13.4. The Morgan fingerprint density at radius 3 is 1.06 bits per heavy atom. The highest BCUT2D eigenvalue weighted by Crippen LogP contribution is 2.44. The average molecular weight is 2080 g/mol. The van der Waals surface area contributed by atoms with Crippen molar-refractivity contribution >= 4 is 35.5 Å². The molecule has 5 amide bonds. The maximum atomic E-state index is 13.4. The predicted octanol–water partition coefficient (Wildman–Crippen LogP) is -24.0. The molecule has 11 aliphatic rings. The topological polar surface area (TPSA) is 984 Å². The van der Waals surface area contributed by atoms with E-state index in [2.05, 4.69) is 26.6 Å². The number of carbonyl (C=O) groups is 6. The minimum Gasteiger partial charge on any atom is -0.477 e. The molecule has 0 aromatic carbocycles. The van der Waals surface area contributed by atoms with Gasteiger partial charge >= 0.3 is 5.97 Å². The van der Waals surface area contributed by atoms with Gasteiger partial charge in [0.15, 0.2) is 62.9 Å². The minimum atomic E-state index is -3.33. The number of nitrogens with one attached hydrogen (secondary N) is 5. The van der Waals surface area contributed by atoms with E-state index < -0.39 is 451 Å². The molecule has 0 saturated carbocycles. The van der Waals surface area contributed by atoms with Crippen LogP contribution in [-0.2, 0) is 128 Å². The number of aliphatic hydroxyl groups is 30. The van der Waals surface area contributed by atoms with Crippen molar-refractivity contribution in [1.29, 1.82) is 0 Å². The Labute approximate surface area is 803 Å². The van der Waals surface area contributed by atoms with Crippen LogP contribution in [0.25, 0.3) is 0 Å². The zero-order chi connectivity index (χ0) is 105. The number of hydrogen-bond acceptors (Lipinski definition) is 57. The third-order valence-electron chi connectivity index (χ3n) is 25.9. The van der Waals surface area contributed by atoms with E-state index >= 15 is 0 Å². The van der Waals surface area contributed by atoms with Crippen molar-refractivity contribution in [3.8, 4) is 0 Å². The molecule has 0 aromatic heterocycles. The number of hydrogen-bond donors (Lipinski definition) is 36. The van der Waals surface area contributed by atoms with Crippen molar-refractivity contribution in [2.75, 3.05) is 66.1 Å². The van der Waals surface area contributed by atoms with E-state index in [-0.39, 0.29) is 0 Å². The molecule has 142 heavy (non-hydrogen) atoms. The molecule has 56 atom stereocenters. The molecular weight excluding hydrogens is 1950 g/mol. The SMILES string of the molecule is CC(=O)N[C@@H]1[C@H](O[C@@H]2[C@@H](O[C@@H]3[C@H](O)[C@H](O[C@H]4[C@H](O)[C@@H](NC(C)=O)[C@H](O[C@H]5[C@H](O)[C@@H](NC(C)=O)[C@H](O)O[C@@H]5CO[C@H]5O[C@H](C)[C@H](O)[C@H](O)[C@H]5O)O[C@@H]4CO)O[C@H](CO[C@H]4O[C@H](CO)[C@@H](O)[C@H](O)[C@@H]4O[C@@H]4O[C@H](CO)[C@@H](O[C@@H]5O[C@H](CO)[C@H](O)[C@H](O[C@]6(C(=O)O)C[C@H](O)[C@@H](NC(C)=O)[C@H]([C@H](O)[C@H](O)CO)O6)[C@H]5O)[C@H](O)[C@H]4NC(C)=O)[C@H]3O)O[C@H](CO)[C@@H](O)[C@@H]2O)O[C@H](CO)[C@@H](O[C@@H]2O[C@H](CO)[C@H](O)[C@H](O)[C@H]2O)[C@@H]1O. The molecule has 0 aliphatic carbocycles. The van der Waals surface area contributed by atoms with E-state index in [1.165, 1.54) is 6.92 Å². The average Bonchev–Trinajstić information content (AvgIpc) is 0.760. The van der Waals surface area contributed by atoms with Gasteiger partial charge in [0.1, 0.15) is 256 Å². The molecule has 63 nitrogen and oxygen atoms in total. The van der Waals surface area contributed by atoms with E-state index in [1.807, 2.05) is 0 Å². The number of aliphatic carboxylic acids is 1. The van der Waals surface area contributed by atoms with Crippen LogP contribution in [0, 0.1) is 0 Å². The predicted molar refractivity (Wildman–Crippen MR) is 436 cm³/mol. The number of carbonyl (C=O) groups excluding carboxylic acids is 5. The molecule has 0 radical (unpaired) electrons. The third kappa shape index (κ3) is 25.8. The first kappa shape index (κ1) is 117. The summed E-state index contributed by atoms with van der Waals surface area (Å²) in [6, 6.07) is -9.81. The molecule has 0 spiro atoms. The lowest BCUT2D eigenvalue weighted by molar-refractivity contribution is -0.399. The Morgan fingerprint density at radius 1 is 0.303 bits per heavy atom. The van der Waals surface area contributed by atoms with Crippen LogP contribution in [0.5, 0.6) is 0 Å². The fourth-order valence-corrected chi connectivity index (χ4v) is 18.4. The van der Waals surface area contributed by atoms with Gasteiger partial charge in [0.25, 0.3) is 5.79 Å². The summed E-state index contributed by atoms with van der Waals surface area (Å²) < 4.78 is 125. The zero-order valence-electron chi connectivity index (χ0n) is 76.4. The second-order valence-corrected chi connectivity index (χ2v) is 36.0. The van der Waals surface area contributed by atoms with Crippen molar-refractivity contribution in [3.63, 3.8) is 0 Å². The lowest BCUT2D eigenvalue weighted by Gasteiger charge is -2.51. The summed E-state index contributed by atoms with van der Waals surface area (Å²) in [6.07, 6.45) is -111. The molecule has 11 aliphatic heterocycles. The van der Waals surface area contributed by atoms with Gasteiger partial charge in [-0.15, -0.1) is 0 Å². The molecule has 0 unspecified atom stereocenters. The largest absolute Gasteiger partial charge is 0.477 e. The Bertz CT molecular complexity index is 4010. The highest BCUT2D eigenvalue weighted by molar-refractivity contribution is 5.77. The van der Waals surface area contributed by atoms with Gasteiger partial charge in [-0.3, -0.25) is 24.0 Å². The van der Waals surface area contributed by atoms with Crippen molar-refractivity contribution < 1.29 is 287 Å². The molecule has 11 fully saturated rings. The Balaban J connectivity index is 0.914. The molecule has 36 N–H and O–H groups in total. The maximum Gasteiger partial charge on any atom is 0.364 e. The van der Waals surface area contributed by atoms with Gasteiger partial charge in [-0.05, 0) is 6.92 Å². The Hall–Kier alpha value is -5.22. The van der Waals surface area contributed by atoms with Gasteiger partial charge in [0.2, 0.25) is 29.5 Å². The summed E-state index contributed by atoms with van der Waals surface area (Å²) in [5, 5.41) is 361. The van der Waals surface area contributed by atoms with E-state index in [0.717, 1.165) is 34.6 Å². The molecule has 63 heteroatoms. The number of carboxylic acid groups (broad SMARTS) is 1. The zero-order valence-corrected chi connectivity index (χ0v) is 76.4. The molecule has 0 aromatic rings. The van der Waals surface area contributed by atoms with Gasteiger partial charge in [-0.2, -0.15) is 0 Å². The lowest BCUT2D eigenvalue weighted by atomic mass is 9.88. The number of rotatable bonds is 38. The van der Waals surface area contributed by atoms with Crippen LogP contribution in [0.4, 0.5) is 0 Å². The normalized spacial score (nSPS) is 48.0. The Morgan fingerprint density at radius 2 is 0.620 bits per heavy atom. The molecule has 820 valence electrons. The molecule has 11 heterocycles. The summed E-state index contributed by atoms with van der Waals surface area (Å²) in [6.45, 7) is -6.14. The molecule has 11 rings (SSSR count). The van der Waals surface area contributed by atoms with Gasteiger partial charge in [0, 0.05) is 41.0 Å². The fourth-order valence-electron chi connectivity index (χ4n) is 18.4. The Kier molecular flexibility index (Phi) is 41.7. The first-order chi connectivity index (χ1) is 67.0. The van der Waals surface area contributed by atoms with Crippen LogP contribution in [-0.4, -0.2) is 603 Å². The van der Waals surface area contributed by atoms with Crippen molar-refractivity contribution in [2.45, 2.75) is 391 Å². The number of ether oxygens (including phenoxy) is 21. The number of amides is 5. The third-order valence-corrected chi connectivity index (χ3v) is 25.9. The standard InChI is InChI=1S/C79H131N5O58/c1-18-40(100)51(111)55(115)72(124-18)122-17-34-62(47(107)36(68(119)125-34)81-20(3)94)134-69-37(82-21(4)95)48(108)60(31(14-91)130-69)136-74-57(117)64(138-77-67(54(114)44(104)28(11-88)129-77)140-71-39(84-23(6)97)49(109)59(30(13-90)132-71)135-73-56(116)52(112)42(102)26(9-86)126-73)46(106)33(133-74)16-123-76-66(53(113)43(103)27(10-87)128-76)139-70-38(83-22(5)96)50(110)61(32(15-92)131-70)137-75-58(118)65(45(105)29(12-89)127-75)142-79(78(120)121)7-24(98)35(80-19(2)93)63(141-79)41(101)25(99)8-85/h18,24-77,85-92,98-119H,7-17H2,1-6H3,(H,80,93)(H,81,94)(H,82,95)(H,83,96)(H,84,97)(H,120,121)/t18-,24+,25-,26-,27-,28-,29-,30-,31-,32-,33-,34-,35-,36-,37-,38-,39+,40+,41-,42+,43-,44-,45+,46-,47-,48-,49-,50-,51+,52+,53+,54+,55-,56-,57+,58-,59-,60-,61-,62-,63-,64+,65+,66+,67+,68-,69+,70+,71+,72+,73+,74+,75+,76+,77-,79+/m1/s1.